The second-order valence-corrected chi connectivity index (χ2v) is 10.4. The molecule has 3 heterocycles. The molecule has 0 saturated carbocycles. The minimum absolute atomic E-state index is 0.0625. The molecule has 5 rings (SSSR count). The molecule has 2 aromatic rings. The maximum atomic E-state index is 14.3. The molecule has 0 spiro atoms. The van der Waals surface area contributed by atoms with Gasteiger partial charge in [-0.2, -0.15) is 0 Å². The second-order valence-electron chi connectivity index (χ2n) is 10.4. The minimum Gasteiger partial charge on any atom is -0.507 e. The average molecular weight is 543 g/mol. The Labute approximate surface area is 229 Å². The Balaban J connectivity index is 1.86. The molecule has 10 nitrogen and oxygen atoms in total. The van der Waals surface area contributed by atoms with Crippen LogP contribution in [0.2, 0.25) is 0 Å². The summed E-state index contributed by atoms with van der Waals surface area (Å²) in [6.45, 7) is 5.61. The van der Waals surface area contributed by atoms with Crippen LogP contribution < -0.4 is 23.7 Å². The number of carbonyl (C=O) groups is 1. The number of carbonyl (C=O) groups excluding carboxylic acids is 1. The van der Waals surface area contributed by atoms with E-state index >= 15 is 0 Å². The molecular formula is C29H38N2O8. The van der Waals surface area contributed by atoms with Gasteiger partial charge in [0.2, 0.25) is 5.91 Å². The number of likely N-dealkylation sites (N-methyl/N-ethyl adjacent to an activating group) is 1. The highest BCUT2D eigenvalue weighted by Crippen LogP contribution is 2.61. The van der Waals surface area contributed by atoms with E-state index in [1.807, 2.05) is 25.8 Å². The summed E-state index contributed by atoms with van der Waals surface area (Å²) >= 11 is 0. The Hall–Kier alpha value is -3.37. The molecule has 2 N–H and O–H groups in total. The smallest absolute Gasteiger partial charge is 0.241 e. The fourth-order valence-electron chi connectivity index (χ4n) is 7.33. The lowest BCUT2D eigenvalue weighted by molar-refractivity contribution is -0.166. The number of nitrogens with zero attached hydrogens (tertiary/aromatic N) is 2. The topological polar surface area (TPSA) is 110 Å². The Morgan fingerprint density at radius 3 is 1.90 bits per heavy atom. The van der Waals surface area contributed by atoms with Gasteiger partial charge in [0.15, 0.2) is 23.0 Å². The van der Waals surface area contributed by atoms with Crippen LogP contribution in [0.3, 0.4) is 0 Å². The van der Waals surface area contributed by atoms with Gasteiger partial charge in [-0.15, -0.1) is 0 Å². The summed E-state index contributed by atoms with van der Waals surface area (Å²) in [4.78, 5) is 18.1. The zero-order valence-corrected chi connectivity index (χ0v) is 24.0. The summed E-state index contributed by atoms with van der Waals surface area (Å²) in [5.41, 5.74) is 3.86. The van der Waals surface area contributed by atoms with Crippen LogP contribution in [0.4, 0.5) is 0 Å². The molecule has 1 fully saturated rings. The van der Waals surface area contributed by atoms with Crippen molar-refractivity contribution in [3.63, 3.8) is 0 Å². The molecule has 0 radical (unpaired) electrons. The van der Waals surface area contributed by atoms with Crippen molar-refractivity contribution in [1.29, 1.82) is 0 Å². The standard InChI is InChI=1S/C29H38N2O8/c1-10-15-18-19(22(32)12(2)25(36-6)28(18)39-9)23(33)21-20-17-14(11-16(30(20)4)29(34)31(15)21)24(35-5)13(3)26(37-7)27(17)38-8/h15-16,20-21,23,32-33H,10-11H2,1-9H3/t15-,16?,20?,21?,23?/m0/s1. The van der Waals surface area contributed by atoms with E-state index in [9.17, 15) is 15.0 Å². The third-order valence-electron chi connectivity index (χ3n) is 8.93. The molecule has 1 amide bonds. The number of phenols is 1. The van der Waals surface area contributed by atoms with E-state index in [2.05, 4.69) is 0 Å². The molecular weight excluding hydrogens is 504 g/mol. The Morgan fingerprint density at radius 1 is 0.821 bits per heavy atom. The first kappa shape index (κ1) is 27.2. The molecule has 0 aromatic heterocycles. The normalized spacial score (nSPS) is 25.4. The average Bonchev–Trinajstić information content (AvgIpc) is 2.92. The van der Waals surface area contributed by atoms with Crippen LogP contribution in [0.25, 0.3) is 0 Å². The van der Waals surface area contributed by atoms with Crippen molar-refractivity contribution in [2.75, 3.05) is 42.6 Å². The van der Waals surface area contributed by atoms with E-state index in [1.165, 1.54) is 14.2 Å². The Bertz CT molecular complexity index is 1340. The van der Waals surface area contributed by atoms with Gasteiger partial charge >= 0.3 is 0 Å². The fourth-order valence-corrected chi connectivity index (χ4v) is 7.33. The number of fused-ring (bicyclic) bond motifs is 7. The van der Waals surface area contributed by atoms with E-state index < -0.39 is 30.3 Å². The zero-order chi connectivity index (χ0) is 28.5. The van der Waals surface area contributed by atoms with Gasteiger partial charge in [-0.1, -0.05) is 6.92 Å². The number of hydrogen-bond acceptors (Lipinski definition) is 9. The van der Waals surface area contributed by atoms with Crippen molar-refractivity contribution < 1.29 is 38.7 Å². The van der Waals surface area contributed by atoms with Crippen LogP contribution in [-0.4, -0.2) is 80.6 Å². The van der Waals surface area contributed by atoms with E-state index in [4.69, 9.17) is 23.7 Å². The van der Waals surface area contributed by atoms with Crippen molar-refractivity contribution >= 4 is 5.91 Å². The van der Waals surface area contributed by atoms with Crippen LogP contribution in [0.15, 0.2) is 0 Å². The van der Waals surface area contributed by atoms with Crippen LogP contribution in [0.5, 0.6) is 34.5 Å². The van der Waals surface area contributed by atoms with Crippen molar-refractivity contribution in [3.8, 4) is 34.5 Å². The quantitative estimate of drug-likeness (QED) is 0.568. The number of aliphatic hydroxyl groups is 1. The predicted octanol–water partition coefficient (Wildman–Crippen LogP) is 3.36. The van der Waals surface area contributed by atoms with Crippen LogP contribution in [0.1, 0.15) is 64.9 Å². The van der Waals surface area contributed by atoms with Crippen molar-refractivity contribution in [2.45, 2.75) is 63.9 Å². The van der Waals surface area contributed by atoms with Gasteiger partial charge in [0.25, 0.3) is 0 Å². The molecule has 1 saturated heterocycles. The number of aromatic hydroxyl groups is 1. The number of amides is 1. The summed E-state index contributed by atoms with van der Waals surface area (Å²) in [5, 5.41) is 23.5. The van der Waals surface area contributed by atoms with Gasteiger partial charge in [-0.05, 0) is 27.3 Å². The van der Waals surface area contributed by atoms with Crippen LogP contribution in [0, 0.1) is 13.8 Å². The number of ether oxygens (including phenoxy) is 5. The molecule has 212 valence electrons. The molecule has 0 aliphatic carbocycles. The second kappa shape index (κ2) is 9.67. The summed E-state index contributed by atoms with van der Waals surface area (Å²) in [7, 11) is 9.72. The molecule has 3 aliphatic rings. The third kappa shape index (κ3) is 3.37. The molecule has 5 atom stereocenters. The number of phenolic OH excluding ortho intramolecular Hbond substituents is 1. The maximum absolute atomic E-state index is 14.3. The highest BCUT2D eigenvalue weighted by atomic mass is 16.5. The van der Waals surface area contributed by atoms with Gasteiger partial charge in [-0.25, -0.2) is 0 Å². The number of benzene rings is 2. The minimum atomic E-state index is -1.23. The molecule has 2 aromatic carbocycles. The van der Waals surface area contributed by atoms with E-state index in [1.54, 1.807) is 33.2 Å². The van der Waals surface area contributed by atoms with Gasteiger partial charge in [0, 0.05) is 39.8 Å². The third-order valence-corrected chi connectivity index (χ3v) is 8.93. The SMILES string of the molecule is CC[C@H]1c2c(OC)c(OC)c(C)c(O)c2C(O)C2C3c4c(c(OC)c(C)c(OC)c4OC)CC(C(=O)N21)N3C. The monoisotopic (exact) mass is 542 g/mol. The largest absolute Gasteiger partial charge is 0.507 e. The van der Waals surface area contributed by atoms with E-state index in [0.717, 1.165) is 16.7 Å². The van der Waals surface area contributed by atoms with Gasteiger partial charge in [0.1, 0.15) is 17.6 Å². The number of rotatable bonds is 6. The lowest BCUT2D eigenvalue weighted by Crippen LogP contribution is -2.67. The molecule has 3 aliphatic heterocycles. The number of hydrogen-bond donors (Lipinski definition) is 2. The first-order valence-electron chi connectivity index (χ1n) is 13.1. The molecule has 10 heteroatoms. The van der Waals surface area contributed by atoms with Crippen molar-refractivity contribution in [2.24, 2.45) is 0 Å². The lowest BCUT2D eigenvalue weighted by atomic mass is 9.71. The van der Waals surface area contributed by atoms with Gasteiger partial charge in [0.05, 0.1) is 59.7 Å². The summed E-state index contributed by atoms with van der Waals surface area (Å²) in [6, 6.07) is -2.15. The number of piperazine rings is 1. The van der Waals surface area contributed by atoms with E-state index in [0.29, 0.717) is 58.3 Å². The maximum Gasteiger partial charge on any atom is 0.241 e. The van der Waals surface area contributed by atoms with Gasteiger partial charge < -0.3 is 38.8 Å². The number of aliphatic hydroxyl groups excluding tert-OH is 1. The first-order valence-corrected chi connectivity index (χ1v) is 13.1. The Morgan fingerprint density at radius 2 is 1.36 bits per heavy atom. The van der Waals surface area contributed by atoms with Crippen molar-refractivity contribution in [1.82, 2.24) is 9.80 Å². The van der Waals surface area contributed by atoms with Gasteiger partial charge in [-0.3, -0.25) is 9.69 Å². The lowest BCUT2D eigenvalue weighted by Gasteiger charge is -2.58. The molecule has 4 unspecified atom stereocenters. The fraction of sp³-hybridized carbons (Fsp3) is 0.552. The number of methoxy groups -OCH3 is 5. The first-order chi connectivity index (χ1) is 18.6. The summed E-state index contributed by atoms with van der Waals surface area (Å²) in [5.74, 6) is 2.39. The predicted molar refractivity (Wildman–Crippen MR) is 143 cm³/mol. The molecule has 39 heavy (non-hydrogen) atoms. The Kier molecular flexibility index (Phi) is 6.75. The zero-order valence-electron chi connectivity index (χ0n) is 24.0. The van der Waals surface area contributed by atoms with E-state index in [-0.39, 0.29) is 11.7 Å². The summed E-state index contributed by atoms with van der Waals surface area (Å²) < 4.78 is 29.0. The molecule has 2 bridgehead atoms. The van der Waals surface area contributed by atoms with Crippen LogP contribution in [-0.2, 0) is 11.2 Å². The highest BCUT2D eigenvalue weighted by molar-refractivity contribution is 5.87. The van der Waals surface area contributed by atoms with Crippen LogP contribution >= 0.6 is 0 Å². The summed E-state index contributed by atoms with van der Waals surface area (Å²) in [6.07, 6.45) is -0.279. The van der Waals surface area contributed by atoms with Crippen molar-refractivity contribution in [3.05, 3.63) is 33.4 Å². The highest BCUT2D eigenvalue weighted by Gasteiger charge is 2.59.